The second-order valence-electron chi connectivity index (χ2n) is 8.91. The topological polar surface area (TPSA) is 105 Å². The molecule has 0 aliphatic rings. The highest BCUT2D eigenvalue weighted by Gasteiger charge is 2.18. The van der Waals surface area contributed by atoms with Crippen LogP contribution in [0, 0.1) is 0 Å². The summed E-state index contributed by atoms with van der Waals surface area (Å²) in [5.74, 6) is 0.0172. The first-order valence-corrected chi connectivity index (χ1v) is 14.1. The van der Waals surface area contributed by atoms with Gasteiger partial charge < -0.3 is 15.2 Å². The van der Waals surface area contributed by atoms with Gasteiger partial charge in [0.15, 0.2) is 0 Å². The van der Waals surface area contributed by atoms with E-state index in [-0.39, 0.29) is 11.3 Å². The molecule has 7 nitrogen and oxygen atoms in total. The summed E-state index contributed by atoms with van der Waals surface area (Å²) in [7, 11) is -3.73. The van der Waals surface area contributed by atoms with Gasteiger partial charge in [-0.2, -0.15) is 0 Å². The lowest BCUT2D eigenvalue weighted by atomic mass is 10.0. The summed E-state index contributed by atoms with van der Waals surface area (Å²) >= 11 is 0. The number of para-hydroxylation sites is 1. The summed E-state index contributed by atoms with van der Waals surface area (Å²) in [4.78, 5) is 12.6. The molecule has 38 heavy (non-hydrogen) atoms. The average molecular weight is 531 g/mol. The lowest BCUT2D eigenvalue weighted by Gasteiger charge is -2.14. The number of benzene rings is 4. The maximum absolute atomic E-state index is 12.6. The van der Waals surface area contributed by atoms with Crippen molar-refractivity contribution in [2.75, 3.05) is 19.3 Å². The average Bonchev–Trinajstić information content (AvgIpc) is 2.91. The highest BCUT2D eigenvalue weighted by Crippen LogP contribution is 2.31. The number of sulfonamides is 1. The van der Waals surface area contributed by atoms with Crippen LogP contribution in [0.4, 0.5) is 0 Å². The number of amides is 1. The van der Waals surface area contributed by atoms with Gasteiger partial charge in [-0.25, -0.2) is 13.1 Å². The third-order valence-electron chi connectivity index (χ3n) is 5.88. The minimum Gasteiger partial charge on any atom is -0.457 e. The molecule has 0 saturated heterocycles. The zero-order chi connectivity index (χ0) is 27.0. The van der Waals surface area contributed by atoms with Crippen LogP contribution in [-0.2, 0) is 16.4 Å². The van der Waals surface area contributed by atoms with Gasteiger partial charge in [0.1, 0.15) is 11.5 Å². The summed E-state index contributed by atoms with van der Waals surface area (Å²) in [6.07, 6.45) is 1.18. The Balaban J connectivity index is 1.44. The highest BCUT2D eigenvalue weighted by atomic mass is 32.2. The third kappa shape index (κ3) is 7.76. The summed E-state index contributed by atoms with van der Waals surface area (Å²) in [6.45, 7) is 1.20. The molecule has 0 spiro atoms. The van der Waals surface area contributed by atoms with Gasteiger partial charge in [0.2, 0.25) is 10.0 Å². The van der Waals surface area contributed by atoms with E-state index in [9.17, 15) is 18.3 Å². The van der Waals surface area contributed by atoms with Crippen LogP contribution in [0.5, 0.6) is 11.5 Å². The molecule has 0 heterocycles. The van der Waals surface area contributed by atoms with E-state index < -0.39 is 22.0 Å². The molecule has 0 unspecified atom stereocenters. The summed E-state index contributed by atoms with van der Waals surface area (Å²) < 4.78 is 31.2. The van der Waals surface area contributed by atoms with Crippen LogP contribution < -0.4 is 14.8 Å². The first-order chi connectivity index (χ1) is 18.3. The summed E-state index contributed by atoms with van der Waals surface area (Å²) in [5, 5.41) is 13.6. The molecule has 0 saturated carbocycles. The highest BCUT2D eigenvalue weighted by molar-refractivity contribution is 7.89. The van der Waals surface area contributed by atoms with Gasteiger partial charge >= 0.3 is 0 Å². The predicted molar refractivity (Wildman–Crippen MR) is 149 cm³/mol. The Hall–Kier alpha value is -3.98. The number of rotatable bonds is 11. The van der Waals surface area contributed by atoms with Gasteiger partial charge in [0.05, 0.1) is 17.9 Å². The number of aliphatic hydroxyl groups is 1. The van der Waals surface area contributed by atoms with Crippen molar-refractivity contribution in [3.8, 4) is 22.6 Å². The van der Waals surface area contributed by atoms with Gasteiger partial charge in [0.25, 0.3) is 5.91 Å². The molecule has 0 bridgehead atoms. The molecule has 8 heteroatoms. The third-order valence-corrected chi connectivity index (χ3v) is 6.43. The van der Waals surface area contributed by atoms with Gasteiger partial charge in [-0.3, -0.25) is 4.79 Å². The van der Waals surface area contributed by atoms with Crippen LogP contribution in [0.1, 0.15) is 27.6 Å². The van der Waals surface area contributed by atoms with Crippen molar-refractivity contribution >= 4 is 15.9 Å². The molecule has 4 aromatic rings. The van der Waals surface area contributed by atoms with Crippen molar-refractivity contribution in [1.29, 1.82) is 0 Å². The zero-order valence-corrected chi connectivity index (χ0v) is 21.8. The van der Waals surface area contributed by atoms with Crippen LogP contribution in [0.3, 0.4) is 0 Å². The fraction of sp³-hybridized carbons (Fsp3) is 0.167. The zero-order valence-electron chi connectivity index (χ0n) is 21.0. The van der Waals surface area contributed by atoms with Gasteiger partial charge in [-0.1, -0.05) is 78.9 Å². The lowest BCUT2D eigenvalue weighted by molar-refractivity contribution is 0.0979. The smallest absolute Gasteiger partial charge is 0.268 e. The Morgan fingerprint density at radius 1 is 0.868 bits per heavy atom. The number of carbonyl (C=O) groups is 1. The second-order valence-corrected chi connectivity index (χ2v) is 10.7. The Kier molecular flexibility index (Phi) is 8.91. The number of hydrogen-bond donors (Lipinski definition) is 3. The molecule has 3 N–H and O–H groups in total. The van der Waals surface area contributed by atoms with Crippen molar-refractivity contribution in [3.63, 3.8) is 0 Å². The summed E-state index contributed by atoms with van der Waals surface area (Å²) in [6, 6.07) is 31.7. The SMILES string of the molecule is CS(=O)(=O)NC(=O)c1ccc(-c2ccc(CCNC[C@H](O)c3ccccc3)cc2)cc1Oc1ccccc1. The number of ether oxygens (including phenoxy) is 1. The molecule has 0 radical (unpaired) electrons. The molecule has 196 valence electrons. The first-order valence-electron chi connectivity index (χ1n) is 12.2. The van der Waals surface area contributed by atoms with Crippen LogP contribution in [0.2, 0.25) is 0 Å². The second kappa shape index (κ2) is 12.5. The van der Waals surface area contributed by atoms with Crippen LogP contribution in [0.15, 0.2) is 103 Å². The van der Waals surface area contributed by atoms with Crippen molar-refractivity contribution in [2.45, 2.75) is 12.5 Å². The van der Waals surface area contributed by atoms with E-state index >= 15 is 0 Å². The Morgan fingerprint density at radius 2 is 1.50 bits per heavy atom. The number of aliphatic hydroxyl groups excluding tert-OH is 1. The minimum atomic E-state index is -3.73. The van der Waals surface area contributed by atoms with E-state index in [1.807, 2.05) is 77.5 Å². The fourth-order valence-electron chi connectivity index (χ4n) is 3.94. The van der Waals surface area contributed by atoms with Gasteiger partial charge in [-0.15, -0.1) is 0 Å². The molecule has 0 fully saturated rings. The maximum atomic E-state index is 12.6. The predicted octanol–water partition coefficient (Wildman–Crippen LogP) is 4.70. The van der Waals surface area contributed by atoms with Crippen molar-refractivity contribution < 1.29 is 23.1 Å². The van der Waals surface area contributed by atoms with E-state index in [4.69, 9.17) is 4.74 Å². The molecule has 0 aliphatic heterocycles. The monoisotopic (exact) mass is 530 g/mol. The molecule has 4 rings (SSSR count). The first kappa shape index (κ1) is 27.1. The van der Waals surface area contributed by atoms with Crippen LogP contribution in [-0.4, -0.2) is 38.8 Å². The normalized spacial score (nSPS) is 12.1. The standard InChI is InChI=1S/C30H30N2O5S/c1-38(35,36)32-30(34)27-17-16-25(20-29(27)37-26-10-6-3-7-11-26)23-14-12-22(13-15-23)18-19-31-21-28(33)24-8-4-2-5-9-24/h2-17,20,28,31,33H,18-19,21H2,1H3,(H,32,34)/t28-/m0/s1. The van der Waals surface area contributed by atoms with E-state index in [1.165, 1.54) is 0 Å². The van der Waals surface area contributed by atoms with E-state index in [0.29, 0.717) is 12.3 Å². The van der Waals surface area contributed by atoms with E-state index in [1.54, 1.807) is 30.3 Å². The molecular weight excluding hydrogens is 500 g/mol. The number of nitrogens with one attached hydrogen (secondary N) is 2. The quantitative estimate of drug-likeness (QED) is 0.243. The molecule has 1 amide bonds. The molecule has 0 aromatic heterocycles. The molecule has 1 atom stereocenters. The Morgan fingerprint density at radius 3 is 2.16 bits per heavy atom. The van der Waals surface area contributed by atoms with Crippen LogP contribution in [0.25, 0.3) is 11.1 Å². The molecule has 4 aromatic carbocycles. The molecule has 0 aliphatic carbocycles. The van der Waals surface area contributed by atoms with E-state index in [0.717, 1.165) is 41.5 Å². The molecular formula is C30H30N2O5S. The van der Waals surface area contributed by atoms with Gasteiger partial charge in [-0.05, 0) is 59.5 Å². The van der Waals surface area contributed by atoms with Crippen LogP contribution >= 0.6 is 0 Å². The van der Waals surface area contributed by atoms with Crippen molar-refractivity contribution in [3.05, 3.63) is 120 Å². The maximum Gasteiger partial charge on any atom is 0.268 e. The Labute approximate surface area is 223 Å². The van der Waals surface area contributed by atoms with E-state index in [2.05, 4.69) is 5.32 Å². The number of hydrogen-bond acceptors (Lipinski definition) is 6. The van der Waals surface area contributed by atoms with Crippen molar-refractivity contribution in [1.82, 2.24) is 10.0 Å². The minimum absolute atomic E-state index is 0.114. The Bertz CT molecular complexity index is 1460. The number of carbonyl (C=O) groups excluding carboxylic acids is 1. The lowest BCUT2D eigenvalue weighted by Crippen LogP contribution is -2.29. The largest absolute Gasteiger partial charge is 0.457 e. The van der Waals surface area contributed by atoms with Crippen molar-refractivity contribution in [2.24, 2.45) is 0 Å². The summed E-state index contributed by atoms with van der Waals surface area (Å²) in [5.41, 5.74) is 3.89. The fourth-order valence-corrected chi connectivity index (χ4v) is 4.39. The van der Waals surface area contributed by atoms with Gasteiger partial charge in [0, 0.05) is 6.54 Å².